The van der Waals surface area contributed by atoms with E-state index < -0.39 is 17.5 Å². The number of rotatable bonds is 6. The van der Waals surface area contributed by atoms with E-state index >= 15 is 0 Å². The fraction of sp³-hybridized carbons (Fsp3) is 0.600. The van der Waals surface area contributed by atoms with Crippen LogP contribution >= 0.6 is 0 Å². The topological polar surface area (TPSA) is 89.9 Å². The molecule has 1 aliphatic heterocycles. The normalized spacial score (nSPS) is 23.1. The number of benzene rings is 1. The SMILES string of the molecule is CCc1ccccc1NC(=O)N1CC[C@@H](O)[C@](CCC(C)C)(C(=O)O)C1. The van der Waals surface area contributed by atoms with E-state index in [1.165, 1.54) is 4.90 Å². The summed E-state index contributed by atoms with van der Waals surface area (Å²) in [5.74, 6) is -0.698. The molecule has 0 bridgehead atoms. The van der Waals surface area contributed by atoms with Crippen LogP contribution in [-0.4, -0.2) is 46.3 Å². The minimum atomic E-state index is -1.30. The second-order valence-electron chi connectivity index (χ2n) is 7.56. The number of aliphatic carboxylic acids is 1. The Morgan fingerprint density at radius 3 is 2.65 bits per heavy atom. The quantitative estimate of drug-likeness (QED) is 0.724. The molecule has 1 aromatic carbocycles. The number of urea groups is 1. The first-order valence-electron chi connectivity index (χ1n) is 9.35. The monoisotopic (exact) mass is 362 g/mol. The molecule has 6 nitrogen and oxygen atoms in total. The molecule has 1 saturated heterocycles. The second kappa shape index (κ2) is 8.54. The van der Waals surface area contributed by atoms with Crippen LogP contribution in [0.15, 0.2) is 24.3 Å². The Kier molecular flexibility index (Phi) is 6.64. The molecule has 0 aromatic heterocycles. The van der Waals surface area contributed by atoms with Crippen LogP contribution in [0.1, 0.15) is 45.6 Å². The van der Waals surface area contributed by atoms with E-state index in [4.69, 9.17) is 0 Å². The van der Waals surface area contributed by atoms with E-state index in [2.05, 4.69) is 5.32 Å². The molecule has 1 heterocycles. The first-order chi connectivity index (χ1) is 12.3. The van der Waals surface area contributed by atoms with Crippen LogP contribution in [0, 0.1) is 11.3 Å². The van der Waals surface area contributed by atoms with Gasteiger partial charge in [-0.05, 0) is 43.2 Å². The third-order valence-corrected chi connectivity index (χ3v) is 5.30. The van der Waals surface area contributed by atoms with E-state index in [0.29, 0.717) is 25.3 Å². The fourth-order valence-corrected chi connectivity index (χ4v) is 3.51. The molecular weight excluding hydrogens is 332 g/mol. The zero-order chi connectivity index (χ0) is 19.3. The van der Waals surface area contributed by atoms with Crippen LogP contribution in [0.3, 0.4) is 0 Å². The van der Waals surface area contributed by atoms with Gasteiger partial charge in [0.1, 0.15) is 5.41 Å². The molecule has 3 N–H and O–H groups in total. The summed E-state index contributed by atoms with van der Waals surface area (Å²) in [6, 6.07) is 7.28. The first-order valence-corrected chi connectivity index (χ1v) is 9.35. The number of hydrogen-bond donors (Lipinski definition) is 3. The summed E-state index contributed by atoms with van der Waals surface area (Å²) in [7, 11) is 0. The molecule has 1 fully saturated rings. The summed E-state index contributed by atoms with van der Waals surface area (Å²) in [6.07, 6.45) is 1.18. The second-order valence-corrected chi connectivity index (χ2v) is 7.56. The predicted molar refractivity (Wildman–Crippen MR) is 101 cm³/mol. The van der Waals surface area contributed by atoms with E-state index in [9.17, 15) is 19.8 Å². The van der Waals surface area contributed by atoms with Crippen molar-refractivity contribution >= 4 is 17.7 Å². The number of aryl methyl sites for hydroxylation is 1. The molecular formula is C20H30N2O4. The van der Waals surface area contributed by atoms with Gasteiger partial charge in [0.05, 0.1) is 6.10 Å². The number of carboxylic acid groups (broad SMARTS) is 1. The number of para-hydroxylation sites is 1. The van der Waals surface area contributed by atoms with Crippen molar-refractivity contribution in [3.8, 4) is 0 Å². The van der Waals surface area contributed by atoms with Crippen LogP contribution in [0.4, 0.5) is 10.5 Å². The summed E-state index contributed by atoms with van der Waals surface area (Å²) in [6.45, 7) is 6.44. The van der Waals surface area contributed by atoms with Gasteiger partial charge < -0.3 is 20.4 Å². The van der Waals surface area contributed by atoms with Gasteiger partial charge in [-0.15, -0.1) is 0 Å². The van der Waals surface area contributed by atoms with Crippen molar-refractivity contribution in [2.75, 3.05) is 18.4 Å². The van der Waals surface area contributed by atoms with Crippen molar-refractivity contribution in [3.63, 3.8) is 0 Å². The highest BCUT2D eigenvalue weighted by Crippen LogP contribution is 2.37. The molecule has 1 aliphatic rings. The maximum absolute atomic E-state index is 12.7. The number of carboxylic acids is 1. The fourth-order valence-electron chi connectivity index (χ4n) is 3.51. The van der Waals surface area contributed by atoms with Crippen molar-refractivity contribution in [1.82, 2.24) is 4.90 Å². The Hall–Kier alpha value is -2.08. The number of hydrogen-bond acceptors (Lipinski definition) is 3. The minimum Gasteiger partial charge on any atom is -0.481 e. The standard InChI is InChI=1S/C20H30N2O4/c1-4-15-7-5-6-8-16(15)21-19(26)22-12-10-17(23)20(13-22,18(24)25)11-9-14(2)3/h5-8,14,17,23H,4,9-13H2,1-3H3,(H,21,26)(H,24,25)/t17-,20-/m1/s1. The van der Waals surface area contributed by atoms with Crippen molar-refractivity contribution in [2.45, 2.75) is 52.6 Å². The lowest BCUT2D eigenvalue weighted by atomic mass is 9.73. The van der Waals surface area contributed by atoms with E-state index in [-0.39, 0.29) is 19.0 Å². The largest absolute Gasteiger partial charge is 0.481 e. The average molecular weight is 362 g/mol. The lowest BCUT2D eigenvalue weighted by Crippen LogP contribution is -2.58. The van der Waals surface area contributed by atoms with Gasteiger partial charge in [0.2, 0.25) is 0 Å². The number of nitrogens with one attached hydrogen (secondary N) is 1. The Labute approximate surface area is 155 Å². The van der Waals surface area contributed by atoms with Gasteiger partial charge in [0.15, 0.2) is 0 Å². The number of piperidine rings is 1. The highest BCUT2D eigenvalue weighted by atomic mass is 16.4. The Morgan fingerprint density at radius 1 is 1.35 bits per heavy atom. The predicted octanol–water partition coefficient (Wildman–Crippen LogP) is 3.35. The van der Waals surface area contributed by atoms with Crippen molar-refractivity contribution in [3.05, 3.63) is 29.8 Å². The van der Waals surface area contributed by atoms with Gasteiger partial charge in [0.25, 0.3) is 0 Å². The summed E-state index contributed by atoms with van der Waals surface area (Å²) >= 11 is 0. The van der Waals surface area contributed by atoms with Gasteiger partial charge in [-0.2, -0.15) is 0 Å². The Balaban J connectivity index is 2.16. The van der Waals surface area contributed by atoms with Crippen molar-refractivity contribution in [1.29, 1.82) is 0 Å². The number of aliphatic hydroxyl groups excluding tert-OH is 1. The molecule has 0 aliphatic carbocycles. The Bertz CT molecular complexity index is 646. The van der Waals surface area contributed by atoms with Crippen LogP contribution in [0.2, 0.25) is 0 Å². The number of nitrogens with zero attached hydrogens (tertiary/aromatic N) is 1. The molecule has 0 unspecified atom stereocenters. The average Bonchev–Trinajstić information content (AvgIpc) is 2.61. The summed E-state index contributed by atoms with van der Waals surface area (Å²) in [5, 5.41) is 23.2. The van der Waals surface area contributed by atoms with Crippen molar-refractivity contribution in [2.24, 2.45) is 11.3 Å². The smallest absolute Gasteiger partial charge is 0.321 e. The molecule has 26 heavy (non-hydrogen) atoms. The highest BCUT2D eigenvalue weighted by molar-refractivity contribution is 5.91. The number of carbonyl (C=O) groups excluding carboxylic acids is 1. The van der Waals surface area contributed by atoms with Crippen LogP contribution in [-0.2, 0) is 11.2 Å². The lowest BCUT2D eigenvalue weighted by Gasteiger charge is -2.43. The third kappa shape index (κ3) is 4.36. The lowest BCUT2D eigenvalue weighted by molar-refractivity contribution is -0.162. The maximum Gasteiger partial charge on any atom is 0.321 e. The number of carbonyl (C=O) groups is 2. The molecule has 2 rings (SSSR count). The molecule has 144 valence electrons. The molecule has 2 amide bonds. The minimum absolute atomic E-state index is 0.0242. The van der Waals surface area contributed by atoms with Gasteiger partial charge in [-0.3, -0.25) is 4.79 Å². The van der Waals surface area contributed by atoms with Gasteiger partial charge in [-0.1, -0.05) is 39.0 Å². The van der Waals surface area contributed by atoms with Gasteiger partial charge >= 0.3 is 12.0 Å². The molecule has 0 radical (unpaired) electrons. The van der Waals surface area contributed by atoms with Crippen LogP contribution in [0.25, 0.3) is 0 Å². The van der Waals surface area contributed by atoms with Gasteiger partial charge in [-0.25, -0.2) is 4.79 Å². The summed E-state index contributed by atoms with van der Waals surface area (Å²) < 4.78 is 0. The van der Waals surface area contributed by atoms with E-state index in [1.54, 1.807) is 0 Å². The molecule has 1 aromatic rings. The molecule has 2 atom stereocenters. The Morgan fingerprint density at radius 2 is 2.04 bits per heavy atom. The molecule has 0 saturated carbocycles. The van der Waals surface area contributed by atoms with Gasteiger partial charge in [0, 0.05) is 18.8 Å². The zero-order valence-electron chi connectivity index (χ0n) is 15.9. The summed E-state index contributed by atoms with van der Waals surface area (Å²) in [5.41, 5.74) is 0.473. The van der Waals surface area contributed by atoms with Crippen molar-refractivity contribution < 1.29 is 19.8 Å². The summed E-state index contributed by atoms with van der Waals surface area (Å²) in [4.78, 5) is 26.3. The number of anilines is 1. The highest BCUT2D eigenvalue weighted by Gasteiger charge is 2.49. The van der Waals surface area contributed by atoms with E-state index in [1.807, 2.05) is 45.0 Å². The molecule has 6 heteroatoms. The zero-order valence-corrected chi connectivity index (χ0v) is 15.9. The number of amides is 2. The number of aliphatic hydroxyl groups is 1. The van der Waals surface area contributed by atoms with Crippen LogP contribution in [0.5, 0.6) is 0 Å². The van der Waals surface area contributed by atoms with Crippen LogP contribution < -0.4 is 5.32 Å². The third-order valence-electron chi connectivity index (χ3n) is 5.30. The number of likely N-dealkylation sites (tertiary alicyclic amines) is 1. The van der Waals surface area contributed by atoms with E-state index in [0.717, 1.165) is 17.7 Å². The maximum atomic E-state index is 12.7. The molecule has 0 spiro atoms. The first kappa shape index (κ1) is 20.2.